The summed E-state index contributed by atoms with van der Waals surface area (Å²) < 4.78 is 4.13. The Morgan fingerprint density at radius 2 is 1.20 bits per heavy atom. The quantitative estimate of drug-likeness (QED) is 0.121. The number of carbonyl (C=O) groups is 3. The first kappa shape index (κ1) is 23.3. The lowest BCUT2D eigenvalue weighted by molar-refractivity contribution is -0.186. The molecule has 0 aliphatic carbocycles. The number of aliphatic hydroxyl groups excluding tert-OH is 8. The minimum Gasteiger partial charge on any atom is -0.478 e. The Balaban J connectivity index is 5.12. The van der Waals surface area contributed by atoms with Crippen molar-refractivity contribution in [3.05, 3.63) is 0 Å². The van der Waals surface area contributed by atoms with Crippen LogP contribution in [0, 0.1) is 0 Å². The predicted octanol–water partition coefficient (Wildman–Crippen LogP) is -6.30. The highest BCUT2D eigenvalue weighted by molar-refractivity contribution is 6.35. The van der Waals surface area contributed by atoms with E-state index < -0.39 is 73.7 Å². The summed E-state index contributed by atoms with van der Waals surface area (Å²) in [5, 5.41) is 81.9. The number of hydrogen-bond acceptors (Lipinski definition) is 12. The monoisotopic (exact) mass is 372 g/mol. The maximum Gasteiger partial charge on any atom is 0.378 e. The first-order chi connectivity index (χ1) is 11.5. The zero-order chi connectivity index (χ0) is 19.9. The molecule has 146 valence electrons. The van der Waals surface area contributed by atoms with Gasteiger partial charge in [0.2, 0.25) is 6.10 Å². The highest BCUT2D eigenvalue weighted by Gasteiger charge is 2.41. The SMILES string of the molecule is O=C(O[C@@H](C(=O)O)[C@@H](O)[C@H](O)[C@H](O)CO)C(=O)[C@H](O)[C@H](O)[C@@H](O)CO. The van der Waals surface area contributed by atoms with E-state index in [9.17, 15) is 34.8 Å². The van der Waals surface area contributed by atoms with Crippen molar-refractivity contribution in [1.29, 1.82) is 0 Å². The number of rotatable bonds is 11. The highest BCUT2D eigenvalue weighted by atomic mass is 16.6. The van der Waals surface area contributed by atoms with Crippen LogP contribution in [0.3, 0.4) is 0 Å². The summed E-state index contributed by atoms with van der Waals surface area (Å²) in [5.41, 5.74) is 0. The van der Waals surface area contributed by atoms with Gasteiger partial charge in [-0.1, -0.05) is 0 Å². The van der Waals surface area contributed by atoms with Crippen molar-refractivity contribution in [2.75, 3.05) is 13.2 Å². The van der Waals surface area contributed by atoms with Crippen molar-refractivity contribution in [2.45, 2.75) is 42.7 Å². The van der Waals surface area contributed by atoms with Gasteiger partial charge in [0.15, 0.2) is 6.10 Å². The van der Waals surface area contributed by atoms with Crippen LogP contribution in [-0.2, 0) is 19.1 Å². The van der Waals surface area contributed by atoms with E-state index in [1.165, 1.54) is 0 Å². The first-order valence-corrected chi connectivity index (χ1v) is 6.77. The number of hydrogen-bond donors (Lipinski definition) is 9. The van der Waals surface area contributed by atoms with Crippen molar-refractivity contribution >= 4 is 17.7 Å². The fourth-order valence-electron chi connectivity index (χ4n) is 1.55. The number of carboxylic acids is 1. The molecule has 0 aromatic rings. The Hall–Kier alpha value is -1.71. The predicted molar refractivity (Wildman–Crippen MR) is 72.7 cm³/mol. The first-order valence-electron chi connectivity index (χ1n) is 6.77. The lowest BCUT2D eigenvalue weighted by atomic mass is 10.0. The van der Waals surface area contributed by atoms with E-state index in [0.717, 1.165) is 0 Å². The Bertz CT molecular complexity index is 466. The van der Waals surface area contributed by atoms with E-state index >= 15 is 0 Å². The number of carboxylic acid groups (broad SMARTS) is 1. The molecule has 0 aliphatic heterocycles. The Morgan fingerprint density at radius 3 is 1.60 bits per heavy atom. The third-order valence-corrected chi connectivity index (χ3v) is 3.09. The molecule has 0 aliphatic rings. The number of carbonyl (C=O) groups excluding carboxylic acids is 2. The molecule has 9 N–H and O–H groups in total. The summed E-state index contributed by atoms with van der Waals surface area (Å²) in [6, 6.07) is 0. The zero-order valence-corrected chi connectivity index (χ0v) is 12.6. The highest BCUT2D eigenvalue weighted by Crippen LogP contribution is 2.11. The van der Waals surface area contributed by atoms with Gasteiger partial charge in [0, 0.05) is 0 Å². The minimum absolute atomic E-state index is 1.07. The summed E-state index contributed by atoms with van der Waals surface area (Å²) >= 11 is 0. The van der Waals surface area contributed by atoms with Gasteiger partial charge in [-0.2, -0.15) is 0 Å². The van der Waals surface area contributed by atoms with Gasteiger partial charge in [0.05, 0.1) is 13.2 Å². The normalized spacial score (nSPS) is 19.8. The van der Waals surface area contributed by atoms with Crippen LogP contribution in [0.15, 0.2) is 0 Å². The standard InChI is InChI=1S/C12H20O13/c13-1-3(15)5(17)7(19)9(21)12(24)25-10(11(22)23)8(20)6(18)4(16)2-14/h3-8,10,13-20H,1-2H2,(H,22,23)/t3-,4+,5+,6+,7+,8-,10+/m0/s1. The van der Waals surface area contributed by atoms with Gasteiger partial charge in [0.1, 0.15) is 30.5 Å². The molecule has 0 unspecified atom stereocenters. The zero-order valence-electron chi connectivity index (χ0n) is 12.6. The maximum absolute atomic E-state index is 11.5. The average molecular weight is 372 g/mol. The number of Topliss-reactive ketones (excluding diaryl/α,β-unsaturated/α-hetero) is 1. The summed E-state index contributed by atoms with van der Waals surface area (Å²) in [6.07, 6.45) is -16.1. The molecule has 13 heteroatoms. The second-order valence-electron chi connectivity index (χ2n) is 4.94. The van der Waals surface area contributed by atoms with Crippen molar-refractivity contribution in [3.8, 4) is 0 Å². The van der Waals surface area contributed by atoms with Crippen LogP contribution in [0.1, 0.15) is 0 Å². The van der Waals surface area contributed by atoms with Gasteiger partial charge < -0.3 is 50.7 Å². The fourth-order valence-corrected chi connectivity index (χ4v) is 1.55. The lowest BCUT2D eigenvalue weighted by Gasteiger charge is -2.26. The summed E-state index contributed by atoms with van der Waals surface area (Å²) in [4.78, 5) is 34.1. The summed E-state index contributed by atoms with van der Waals surface area (Å²) in [6.45, 7) is -2.14. The molecule has 0 heterocycles. The topological polar surface area (TPSA) is 243 Å². The smallest absolute Gasteiger partial charge is 0.378 e. The Labute approximate surface area is 139 Å². The van der Waals surface area contributed by atoms with E-state index in [0.29, 0.717) is 0 Å². The molecule has 0 fully saturated rings. The van der Waals surface area contributed by atoms with Crippen LogP contribution >= 0.6 is 0 Å². The van der Waals surface area contributed by atoms with Crippen LogP contribution in [0.4, 0.5) is 0 Å². The molecule has 0 rings (SSSR count). The molecule has 0 aromatic carbocycles. The second-order valence-corrected chi connectivity index (χ2v) is 4.94. The van der Waals surface area contributed by atoms with E-state index in [1.807, 2.05) is 0 Å². The minimum atomic E-state index is -2.57. The molecule has 0 radical (unpaired) electrons. The van der Waals surface area contributed by atoms with Gasteiger partial charge in [-0.15, -0.1) is 0 Å². The maximum atomic E-state index is 11.5. The van der Waals surface area contributed by atoms with Crippen LogP contribution in [0.25, 0.3) is 0 Å². The van der Waals surface area contributed by atoms with Gasteiger partial charge in [-0.3, -0.25) is 4.79 Å². The van der Waals surface area contributed by atoms with E-state index in [1.54, 1.807) is 0 Å². The second kappa shape index (κ2) is 10.3. The van der Waals surface area contributed by atoms with E-state index in [4.69, 9.17) is 25.5 Å². The molecule has 0 bridgehead atoms. The van der Waals surface area contributed by atoms with Crippen molar-refractivity contribution < 1.29 is 65.1 Å². The molecular weight excluding hydrogens is 352 g/mol. The molecule has 0 spiro atoms. The molecule has 0 aromatic heterocycles. The van der Waals surface area contributed by atoms with Crippen molar-refractivity contribution in [1.82, 2.24) is 0 Å². The van der Waals surface area contributed by atoms with Crippen LogP contribution in [0.5, 0.6) is 0 Å². The molecule has 13 nitrogen and oxygen atoms in total. The number of aliphatic carboxylic acids is 1. The Kier molecular flexibility index (Phi) is 9.61. The van der Waals surface area contributed by atoms with Gasteiger partial charge >= 0.3 is 11.9 Å². The number of ketones is 1. The fraction of sp³-hybridized carbons (Fsp3) is 0.750. The molecule has 0 amide bonds. The van der Waals surface area contributed by atoms with Crippen molar-refractivity contribution in [3.63, 3.8) is 0 Å². The van der Waals surface area contributed by atoms with Crippen LogP contribution in [-0.4, -0.2) is 120 Å². The molecular formula is C12H20O13. The van der Waals surface area contributed by atoms with E-state index in [2.05, 4.69) is 4.74 Å². The molecule has 7 atom stereocenters. The number of esters is 1. The van der Waals surface area contributed by atoms with Gasteiger partial charge in [0.25, 0.3) is 5.78 Å². The third-order valence-electron chi connectivity index (χ3n) is 3.09. The molecule has 0 saturated heterocycles. The van der Waals surface area contributed by atoms with E-state index in [-0.39, 0.29) is 0 Å². The molecule has 0 saturated carbocycles. The lowest BCUT2D eigenvalue weighted by Crippen LogP contribution is -2.52. The summed E-state index contributed by atoms with van der Waals surface area (Å²) in [7, 11) is 0. The van der Waals surface area contributed by atoms with Gasteiger partial charge in [-0.25, -0.2) is 9.59 Å². The average Bonchev–Trinajstić information content (AvgIpc) is 2.60. The Morgan fingerprint density at radius 1 is 0.760 bits per heavy atom. The summed E-state index contributed by atoms with van der Waals surface area (Å²) in [5.74, 6) is -5.99. The molecule has 25 heavy (non-hydrogen) atoms. The van der Waals surface area contributed by atoms with Gasteiger partial charge in [-0.05, 0) is 0 Å². The third kappa shape index (κ3) is 6.26. The van der Waals surface area contributed by atoms with Crippen LogP contribution < -0.4 is 0 Å². The van der Waals surface area contributed by atoms with Crippen LogP contribution in [0.2, 0.25) is 0 Å². The van der Waals surface area contributed by atoms with Crippen molar-refractivity contribution in [2.24, 2.45) is 0 Å². The number of aliphatic hydroxyl groups is 8. The number of ether oxygens (including phenoxy) is 1. The largest absolute Gasteiger partial charge is 0.478 e.